The molecule has 3 aromatic carbocycles. The average molecular weight is 420 g/mol. The molecule has 3 rings (SSSR count). The smallest absolute Gasteiger partial charge is 0.264 e. The quantitative estimate of drug-likeness (QED) is 0.630. The normalized spacial score (nSPS) is 11.2. The first-order valence-corrected chi connectivity index (χ1v) is 9.74. The fourth-order valence-corrected chi connectivity index (χ4v) is 3.79. The molecule has 3 aromatic rings. The molecule has 29 heavy (non-hydrogen) atoms. The molecule has 1 N–H and O–H groups in total. The van der Waals surface area contributed by atoms with Gasteiger partial charge in [0.25, 0.3) is 15.9 Å². The first-order valence-electron chi connectivity index (χ1n) is 8.30. The van der Waals surface area contributed by atoms with E-state index in [-0.39, 0.29) is 10.5 Å². The van der Waals surface area contributed by atoms with Crippen molar-refractivity contribution in [3.8, 4) is 0 Å². The van der Waals surface area contributed by atoms with Crippen molar-refractivity contribution in [1.82, 2.24) is 0 Å². The highest BCUT2D eigenvalue weighted by Crippen LogP contribution is 2.24. The van der Waals surface area contributed by atoms with Crippen LogP contribution in [-0.2, 0) is 10.0 Å². The number of halogens is 3. The molecule has 0 aliphatic carbocycles. The molecule has 0 fully saturated rings. The number of carbonyl (C=O) groups excluding carboxylic acids is 1. The van der Waals surface area contributed by atoms with Gasteiger partial charge in [-0.15, -0.1) is 0 Å². The van der Waals surface area contributed by atoms with Crippen LogP contribution in [0.4, 0.5) is 24.5 Å². The molecule has 0 aliphatic rings. The predicted octanol–water partition coefficient (Wildman–Crippen LogP) is 4.18. The molecule has 0 heterocycles. The molecule has 150 valence electrons. The van der Waals surface area contributed by atoms with E-state index in [1.807, 2.05) is 0 Å². The largest absolute Gasteiger partial charge is 0.319 e. The van der Waals surface area contributed by atoms with Gasteiger partial charge in [0, 0.05) is 12.6 Å². The van der Waals surface area contributed by atoms with E-state index in [1.54, 1.807) is 30.3 Å². The Labute approximate surface area is 165 Å². The summed E-state index contributed by atoms with van der Waals surface area (Å²) in [6, 6.07) is 15.0. The van der Waals surface area contributed by atoms with Gasteiger partial charge in [0.2, 0.25) is 0 Å². The molecular formula is C20H15F3N2O3S. The van der Waals surface area contributed by atoms with Gasteiger partial charge in [-0.1, -0.05) is 24.3 Å². The minimum absolute atomic E-state index is 0.100. The average Bonchev–Trinajstić information content (AvgIpc) is 2.74. The molecule has 0 aromatic heterocycles. The van der Waals surface area contributed by atoms with Crippen LogP contribution in [0.3, 0.4) is 0 Å². The van der Waals surface area contributed by atoms with Crippen LogP contribution in [0.1, 0.15) is 10.4 Å². The Balaban J connectivity index is 1.89. The van der Waals surface area contributed by atoms with E-state index in [0.717, 1.165) is 16.4 Å². The highest BCUT2D eigenvalue weighted by molar-refractivity contribution is 7.92. The van der Waals surface area contributed by atoms with E-state index < -0.39 is 39.1 Å². The predicted molar refractivity (Wildman–Crippen MR) is 103 cm³/mol. The first kappa shape index (κ1) is 20.4. The molecule has 0 saturated carbocycles. The van der Waals surface area contributed by atoms with Crippen molar-refractivity contribution >= 4 is 27.3 Å². The second-order valence-corrected chi connectivity index (χ2v) is 7.98. The fraction of sp³-hybridized carbons (Fsp3) is 0.0500. The molecule has 0 atom stereocenters. The molecule has 0 bridgehead atoms. The van der Waals surface area contributed by atoms with Crippen LogP contribution in [0.5, 0.6) is 0 Å². The van der Waals surface area contributed by atoms with Gasteiger partial charge in [-0.05, 0) is 42.5 Å². The summed E-state index contributed by atoms with van der Waals surface area (Å²) in [5.74, 6) is -5.54. The molecule has 1 amide bonds. The van der Waals surface area contributed by atoms with Crippen molar-refractivity contribution in [3.63, 3.8) is 0 Å². The van der Waals surface area contributed by atoms with Crippen molar-refractivity contribution in [3.05, 3.63) is 89.7 Å². The fourth-order valence-electron chi connectivity index (χ4n) is 2.55. The number of nitrogens with zero attached hydrogens (tertiary/aromatic N) is 1. The first-order chi connectivity index (χ1) is 13.7. The highest BCUT2D eigenvalue weighted by Gasteiger charge is 2.23. The zero-order valence-electron chi connectivity index (χ0n) is 15.1. The van der Waals surface area contributed by atoms with Gasteiger partial charge >= 0.3 is 0 Å². The maximum atomic E-state index is 13.8. The van der Waals surface area contributed by atoms with Crippen molar-refractivity contribution < 1.29 is 26.4 Å². The lowest BCUT2D eigenvalue weighted by Gasteiger charge is -2.19. The molecule has 9 heteroatoms. The molecule has 0 radical (unpaired) electrons. The van der Waals surface area contributed by atoms with Gasteiger partial charge in [-0.25, -0.2) is 21.6 Å². The van der Waals surface area contributed by atoms with E-state index >= 15 is 0 Å². The van der Waals surface area contributed by atoms with Gasteiger partial charge in [0.1, 0.15) is 0 Å². The van der Waals surface area contributed by atoms with Crippen LogP contribution < -0.4 is 9.62 Å². The van der Waals surface area contributed by atoms with Crippen LogP contribution in [0.2, 0.25) is 0 Å². The Kier molecular flexibility index (Phi) is 5.60. The summed E-state index contributed by atoms with van der Waals surface area (Å²) in [5.41, 5.74) is -0.244. The molecule has 0 saturated heterocycles. The monoisotopic (exact) mass is 420 g/mol. The minimum atomic E-state index is -3.97. The number of amides is 1. The number of nitrogens with one attached hydrogen (secondary N) is 1. The summed E-state index contributed by atoms with van der Waals surface area (Å²) < 4.78 is 66.9. The highest BCUT2D eigenvalue weighted by atomic mass is 32.2. The summed E-state index contributed by atoms with van der Waals surface area (Å²) in [6.45, 7) is 0. The van der Waals surface area contributed by atoms with Gasteiger partial charge < -0.3 is 5.32 Å². The van der Waals surface area contributed by atoms with Crippen LogP contribution in [0.25, 0.3) is 0 Å². The van der Waals surface area contributed by atoms with Crippen molar-refractivity contribution in [1.29, 1.82) is 0 Å². The molecule has 0 aliphatic heterocycles. The molecule has 0 spiro atoms. The summed E-state index contributed by atoms with van der Waals surface area (Å²) in [4.78, 5) is 12.2. The summed E-state index contributed by atoms with van der Waals surface area (Å²) >= 11 is 0. The molecule has 5 nitrogen and oxygen atoms in total. The van der Waals surface area contributed by atoms with E-state index in [2.05, 4.69) is 5.32 Å². The number of sulfonamides is 1. The van der Waals surface area contributed by atoms with Crippen LogP contribution >= 0.6 is 0 Å². The summed E-state index contributed by atoms with van der Waals surface area (Å²) in [5, 5.41) is 2.11. The number of para-hydroxylation sites is 1. The third-order valence-electron chi connectivity index (χ3n) is 4.16. The minimum Gasteiger partial charge on any atom is -0.319 e. The third kappa shape index (κ3) is 4.09. The van der Waals surface area contributed by atoms with E-state index in [1.165, 1.54) is 25.2 Å². The van der Waals surface area contributed by atoms with Crippen LogP contribution in [-0.4, -0.2) is 21.4 Å². The summed E-state index contributed by atoms with van der Waals surface area (Å²) in [6.07, 6.45) is 0. The molecule has 0 unspecified atom stereocenters. The van der Waals surface area contributed by atoms with Crippen molar-refractivity contribution in [2.24, 2.45) is 0 Å². The number of benzene rings is 3. The van der Waals surface area contributed by atoms with Gasteiger partial charge in [-0.2, -0.15) is 0 Å². The SMILES string of the molecule is CN(c1ccccc1)S(=O)(=O)c1cccc(C(=O)Nc2ccc(F)c(F)c2F)c1. The Morgan fingerprint density at radius 3 is 2.28 bits per heavy atom. The Bertz CT molecular complexity index is 1170. The number of carbonyl (C=O) groups is 1. The number of anilines is 2. The molecular weight excluding hydrogens is 405 g/mol. The number of hydrogen-bond donors (Lipinski definition) is 1. The van der Waals surface area contributed by atoms with Crippen molar-refractivity contribution in [2.45, 2.75) is 4.90 Å². The standard InChI is InChI=1S/C20H15F3N2O3S/c1-25(14-7-3-2-4-8-14)29(27,28)15-9-5-6-13(12-15)20(26)24-17-11-10-16(21)18(22)19(17)23/h2-12H,1H3,(H,24,26). The zero-order valence-corrected chi connectivity index (χ0v) is 15.9. The Morgan fingerprint density at radius 2 is 1.59 bits per heavy atom. The van der Waals surface area contributed by atoms with Gasteiger partial charge in [-0.3, -0.25) is 9.10 Å². The van der Waals surface area contributed by atoms with Gasteiger partial charge in [0.15, 0.2) is 17.5 Å². The van der Waals surface area contributed by atoms with E-state index in [4.69, 9.17) is 0 Å². The van der Waals surface area contributed by atoms with E-state index in [9.17, 15) is 26.4 Å². The third-order valence-corrected chi connectivity index (χ3v) is 5.94. The summed E-state index contributed by atoms with van der Waals surface area (Å²) in [7, 11) is -2.60. The van der Waals surface area contributed by atoms with Gasteiger partial charge in [0.05, 0.1) is 16.3 Å². The lowest BCUT2D eigenvalue weighted by Crippen LogP contribution is -2.26. The maximum Gasteiger partial charge on any atom is 0.264 e. The maximum absolute atomic E-state index is 13.8. The Hall–Kier alpha value is -3.33. The van der Waals surface area contributed by atoms with Crippen LogP contribution in [0.15, 0.2) is 71.6 Å². The number of hydrogen-bond acceptors (Lipinski definition) is 3. The Morgan fingerprint density at radius 1 is 0.897 bits per heavy atom. The van der Waals surface area contributed by atoms with Crippen LogP contribution in [0, 0.1) is 17.5 Å². The second kappa shape index (κ2) is 7.96. The second-order valence-electron chi connectivity index (χ2n) is 6.01. The zero-order chi connectivity index (χ0) is 21.2. The number of rotatable bonds is 5. The van der Waals surface area contributed by atoms with Crippen molar-refractivity contribution in [2.75, 3.05) is 16.7 Å². The lowest BCUT2D eigenvalue weighted by molar-refractivity contribution is 0.102. The van der Waals surface area contributed by atoms with E-state index in [0.29, 0.717) is 11.8 Å². The lowest BCUT2D eigenvalue weighted by atomic mass is 10.2. The topological polar surface area (TPSA) is 66.5 Å².